The Morgan fingerprint density at radius 1 is 1.22 bits per heavy atom. The normalized spacial score (nSPS) is 12.1. The molecule has 0 saturated heterocycles. The Morgan fingerprint density at radius 2 is 2.09 bits per heavy atom. The van der Waals surface area contributed by atoms with Gasteiger partial charge in [0.1, 0.15) is 12.4 Å². The van der Waals surface area contributed by atoms with E-state index in [2.05, 4.69) is 20.2 Å². The van der Waals surface area contributed by atoms with E-state index in [-0.39, 0.29) is 11.8 Å². The summed E-state index contributed by atoms with van der Waals surface area (Å²) in [6, 6.07) is 5.39. The maximum absolute atomic E-state index is 13.1. The van der Waals surface area contributed by atoms with Gasteiger partial charge in [0.05, 0.1) is 11.3 Å². The molecule has 1 atom stereocenters. The highest BCUT2D eigenvalue weighted by Gasteiger charge is 2.14. The minimum Gasteiger partial charge on any atom is -0.487 e. The molecule has 0 radical (unpaired) electrons. The van der Waals surface area contributed by atoms with Crippen LogP contribution in [0.5, 0.6) is 5.75 Å². The quantitative estimate of drug-likeness (QED) is 0.718. The van der Waals surface area contributed by atoms with E-state index in [4.69, 9.17) is 9.15 Å². The summed E-state index contributed by atoms with van der Waals surface area (Å²) in [7, 11) is 0. The van der Waals surface area contributed by atoms with Crippen LogP contribution >= 0.6 is 0 Å². The number of pyridine rings is 2. The Balaban J connectivity index is 1.68. The molecule has 6 nitrogen and oxygen atoms in total. The predicted molar refractivity (Wildman–Crippen MR) is 80.4 cm³/mol. The molecule has 0 aliphatic heterocycles. The van der Waals surface area contributed by atoms with E-state index in [1.807, 2.05) is 13.0 Å². The fourth-order valence-corrected chi connectivity index (χ4v) is 1.92. The molecule has 7 heteroatoms. The van der Waals surface area contributed by atoms with Crippen LogP contribution in [0.4, 0.5) is 4.39 Å². The van der Waals surface area contributed by atoms with Crippen molar-refractivity contribution in [3.8, 4) is 17.2 Å². The van der Waals surface area contributed by atoms with Crippen LogP contribution in [0.3, 0.4) is 0 Å². The van der Waals surface area contributed by atoms with Crippen molar-refractivity contribution in [1.29, 1.82) is 0 Å². The lowest BCUT2D eigenvalue weighted by Gasteiger charge is -2.07. The van der Waals surface area contributed by atoms with E-state index < -0.39 is 6.17 Å². The number of alkyl halides is 1. The number of halogens is 1. The third kappa shape index (κ3) is 3.50. The molecule has 3 rings (SSSR count). The summed E-state index contributed by atoms with van der Waals surface area (Å²) in [6.07, 6.45) is 3.72. The van der Waals surface area contributed by atoms with Crippen LogP contribution in [0, 0.1) is 6.92 Å². The first-order valence-corrected chi connectivity index (χ1v) is 7.09. The molecule has 3 aromatic heterocycles. The zero-order valence-electron chi connectivity index (χ0n) is 12.7. The zero-order valence-corrected chi connectivity index (χ0v) is 12.7. The smallest absolute Gasteiger partial charge is 0.250 e. The SMILES string of the molecule is Cc1cnccc1OCc1ccc(-c2nnc(C(C)F)o2)cn1. The summed E-state index contributed by atoms with van der Waals surface area (Å²) in [5.74, 6) is 0.972. The van der Waals surface area contributed by atoms with Gasteiger partial charge in [0.15, 0.2) is 6.17 Å². The number of rotatable bonds is 5. The highest BCUT2D eigenvalue weighted by atomic mass is 19.1. The van der Waals surface area contributed by atoms with Gasteiger partial charge in [-0.15, -0.1) is 10.2 Å². The van der Waals surface area contributed by atoms with Gasteiger partial charge in [-0.2, -0.15) is 0 Å². The third-order valence-corrected chi connectivity index (χ3v) is 3.20. The number of hydrogen-bond donors (Lipinski definition) is 0. The molecule has 0 aliphatic rings. The Kier molecular flexibility index (Phi) is 4.27. The highest BCUT2D eigenvalue weighted by Crippen LogP contribution is 2.22. The van der Waals surface area contributed by atoms with Gasteiger partial charge in [-0.25, -0.2) is 4.39 Å². The number of aryl methyl sites for hydroxylation is 1. The predicted octanol–water partition coefficient (Wildman–Crippen LogP) is 3.44. The van der Waals surface area contributed by atoms with E-state index in [9.17, 15) is 4.39 Å². The fourth-order valence-electron chi connectivity index (χ4n) is 1.92. The molecule has 0 aliphatic carbocycles. The standard InChI is InChI=1S/C16H15FN4O2/c1-10-7-18-6-5-14(10)22-9-13-4-3-12(8-19-13)16-21-20-15(23-16)11(2)17/h3-8,11H,9H2,1-2H3. The largest absolute Gasteiger partial charge is 0.487 e. The molecular weight excluding hydrogens is 299 g/mol. The highest BCUT2D eigenvalue weighted by molar-refractivity contribution is 5.50. The Hall–Kier alpha value is -2.83. The lowest BCUT2D eigenvalue weighted by molar-refractivity contribution is 0.298. The maximum atomic E-state index is 13.1. The summed E-state index contributed by atoms with van der Waals surface area (Å²) in [5, 5.41) is 7.46. The van der Waals surface area contributed by atoms with Crippen molar-refractivity contribution >= 4 is 0 Å². The van der Waals surface area contributed by atoms with E-state index in [1.165, 1.54) is 6.92 Å². The van der Waals surface area contributed by atoms with E-state index >= 15 is 0 Å². The van der Waals surface area contributed by atoms with Crippen LogP contribution < -0.4 is 4.74 Å². The van der Waals surface area contributed by atoms with Crippen molar-refractivity contribution < 1.29 is 13.5 Å². The first-order chi connectivity index (χ1) is 11.1. The fraction of sp³-hybridized carbons (Fsp3) is 0.250. The average Bonchev–Trinajstić information content (AvgIpc) is 3.05. The van der Waals surface area contributed by atoms with Crippen molar-refractivity contribution in [1.82, 2.24) is 20.2 Å². The summed E-state index contributed by atoms with van der Waals surface area (Å²) in [5.41, 5.74) is 2.35. The van der Waals surface area contributed by atoms with Crippen molar-refractivity contribution in [3.05, 3.63) is 53.9 Å². The first-order valence-electron chi connectivity index (χ1n) is 7.09. The van der Waals surface area contributed by atoms with Crippen LogP contribution in [0.15, 0.2) is 41.2 Å². The molecule has 0 N–H and O–H groups in total. The van der Waals surface area contributed by atoms with E-state index in [0.717, 1.165) is 17.0 Å². The van der Waals surface area contributed by atoms with Gasteiger partial charge in [-0.05, 0) is 32.0 Å². The lowest BCUT2D eigenvalue weighted by Crippen LogP contribution is -1.99. The van der Waals surface area contributed by atoms with Crippen molar-refractivity contribution in [2.45, 2.75) is 26.6 Å². The monoisotopic (exact) mass is 314 g/mol. The molecule has 0 amide bonds. The van der Waals surface area contributed by atoms with Gasteiger partial charge in [0.2, 0.25) is 5.89 Å². The summed E-state index contributed by atoms with van der Waals surface area (Å²) >= 11 is 0. The minimum absolute atomic E-state index is 0.0411. The molecule has 0 bridgehead atoms. The molecule has 3 heterocycles. The van der Waals surface area contributed by atoms with E-state index in [0.29, 0.717) is 12.2 Å². The van der Waals surface area contributed by atoms with Crippen LogP contribution in [0.25, 0.3) is 11.5 Å². The van der Waals surface area contributed by atoms with Gasteiger partial charge in [-0.1, -0.05) is 0 Å². The molecular formula is C16H15FN4O2. The molecule has 0 spiro atoms. The molecule has 23 heavy (non-hydrogen) atoms. The second kappa shape index (κ2) is 6.51. The van der Waals surface area contributed by atoms with Gasteiger partial charge in [-0.3, -0.25) is 9.97 Å². The second-order valence-corrected chi connectivity index (χ2v) is 5.03. The van der Waals surface area contributed by atoms with E-state index in [1.54, 1.807) is 30.7 Å². The third-order valence-electron chi connectivity index (χ3n) is 3.20. The van der Waals surface area contributed by atoms with Crippen LogP contribution in [-0.2, 0) is 6.61 Å². The molecule has 118 valence electrons. The zero-order chi connectivity index (χ0) is 16.2. The number of nitrogens with zero attached hydrogens (tertiary/aromatic N) is 4. The van der Waals surface area contributed by atoms with Crippen molar-refractivity contribution in [3.63, 3.8) is 0 Å². The summed E-state index contributed by atoms with van der Waals surface area (Å²) in [6.45, 7) is 3.61. The lowest BCUT2D eigenvalue weighted by atomic mass is 10.2. The van der Waals surface area contributed by atoms with Crippen LogP contribution in [0.1, 0.15) is 30.2 Å². The average molecular weight is 314 g/mol. The van der Waals surface area contributed by atoms with Gasteiger partial charge in [0, 0.05) is 24.2 Å². The van der Waals surface area contributed by atoms with Crippen LogP contribution in [0.2, 0.25) is 0 Å². The van der Waals surface area contributed by atoms with Crippen molar-refractivity contribution in [2.24, 2.45) is 0 Å². The Labute approximate surface area is 132 Å². The maximum Gasteiger partial charge on any atom is 0.250 e. The summed E-state index contributed by atoms with van der Waals surface area (Å²) < 4.78 is 24.0. The molecule has 3 aromatic rings. The van der Waals surface area contributed by atoms with Gasteiger partial charge < -0.3 is 9.15 Å². The number of ether oxygens (including phenoxy) is 1. The second-order valence-electron chi connectivity index (χ2n) is 5.03. The van der Waals surface area contributed by atoms with Gasteiger partial charge in [0.25, 0.3) is 5.89 Å². The van der Waals surface area contributed by atoms with Gasteiger partial charge >= 0.3 is 0 Å². The molecule has 0 saturated carbocycles. The minimum atomic E-state index is -1.29. The number of hydrogen-bond acceptors (Lipinski definition) is 6. The molecule has 0 fully saturated rings. The molecule has 0 aromatic carbocycles. The number of aromatic nitrogens is 4. The van der Waals surface area contributed by atoms with Crippen molar-refractivity contribution in [2.75, 3.05) is 0 Å². The Bertz CT molecular complexity index is 787. The Morgan fingerprint density at radius 3 is 2.74 bits per heavy atom. The first kappa shape index (κ1) is 15.1. The molecule has 1 unspecified atom stereocenters. The summed E-state index contributed by atoms with van der Waals surface area (Å²) in [4.78, 5) is 8.31. The van der Waals surface area contributed by atoms with Crippen LogP contribution in [-0.4, -0.2) is 20.2 Å². The topological polar surface area (TPSA) is 73.9 Å².